The molecule has 5 aromatic carbocycles. The fourth-order valence-electron chi connectivity index (χ4n) is 6.04. The molecule has 0 spiro atoms. The molecule has 182 valence electrons. The van der Waals surface area contributed by atoms with Crippen molar-refractivity contribution in [1.82, 2.24) is 0 Å². The Hall–Kier alpha value is -3.84. The van der Waals surface area contributed by atoms with Gasteiger partial charge in [-0.3, -0.25) is 0 Å². The Labute approximate surface area is 218 Å². The van der Waals surface area contributed by atoms with Gasteiger partial charge < -0.3 is 0 Å². The zero-order valence-corrected chi connectivity index (χ0v) is 21.5. The predicted octanol–water partition coefficient (Wildman–Crippen LogP) is 6.63. The summed E-state index contributed by atoms with van der Waals surface area (Å²) in [7, 11) is 0. The number of hydrogen-bond acceptors (Lipinski definition) is 2. The molecule has 1 aliphatic rings. The second-order valence-electron chi connectivity index (χ2n) is 9.67. The van der Waals surface area contributed by atoms with Crippen molar-refractivity contribution in [3.63, 3.8) is 0 Å². The molecule has 0 N–H and O–H groups in total. The Morgan fingerprint density at radius 1 is 0.541 bits per heavy atom. The van der Waals surface area contributed by atoms with E-state index in [0.29, 0.717) is 12.0 Å². The third-order valence-electron chi connectivity index (χ3n) is 7.80. The maximum absolute atomic E-state index is 14.6. The third-order valence-corrected chi connectivity index (χ3v) is 13.8. The molecule has 3 heteroatoms. The maximum atomic E-state index is 14.6. The number of hydrogen-bond donors (Lipinski definition) is 0. The number of rotatable bonds is 6. The fraction of sp³-hybridized carbons (Fsp3) is 0.0882. The molecule has 0 aliphatic carbocycles. The van der Waals surface area contributed by atoms with Gasteiger partial charge in [-0.05, 0) is 0 Å². The number of carbonyl (C=O) groups excluding carboxylic acids is 1. The molecule has 0 amide bonds. The van der Waals surface area contributed by atoms with E-state index in [1.54, 1.807) is 0 Å². The van der Waals surface area contributed by atoms with Crippen LogP contribution in [0.5, 0.6) is 0 Å². The number of benzene rings is 5. The van der Waals surface area contributed by atoms with Crippen molar-refractivity contribution < 1.29 is 9.32 Å². The Bertz CT molecular complexity index is 1400. The third kappa shape index (κ3) is 3.52. The summed E-state index contributed by atoms with van der Waals surface area (Å²) in [6.07, 6.45) is 1.32. The van der Waals surface area contributed by atoms with Crippen LogP contribution in [-0.4, -0.2) is 11.9 Å². The summed E-state index contributed by atoms with van der Waals surface area (Å²) in [6.45, 7) is -3.57. The van der Waals surface area contributed by atoms with Crippen LogP contribution in [-0.2, 0) is 10.1 Å². The van der Waals surface area contributed by atoms with E-state index in [2.05, 4.69) is 72.8 Å². The quantitative estimate of drug-likeness (QED) is 0.193. The normalized spacial score (nSPS) is 20.9. The molecule has 0 saturated carbocycles. The molecule has 5 aromatic rings. The van der Waals surface area contributed by atoms with Crippen LogP contribution in [0.15, 0.2) is 152 Å². The van der Waals surface area contributed by atoms with Gasteiger partial charge in [0.1, 0.15) is 0 Å². The molecule has 0 bridgehead atoms. The minimum atomic E-state index is -3.57. The summed E-state index contributed by atoms with van der Waals surface area (Å²) in [5.74, 6) is 0.00796. The van der Waals surface area contributed by atoms with E-state index in [1.807, 2.05) is 78.9 Å². The van der Waals surface area contributed by atoms with Crippen molar-refractivity contribution >= 4 is 28.5 Å². The van der Waals surface area contributed by atoms with E-state index >= 15 is 0 Å². The molecule has 1 heterocycles. The van der Waals surface area contributed by atoms with E-state index in [1.165, 1.54) is 0 Å². The average molecular weight is 501 g/mol. The summed E-state index contributed by atoms with van der Waals surface area (Å²) in [6, 6.07) is 51.4. The Morgan fingerprint density at radius 3 is 1.35 bits per heavy atom. The van der Waals surface area contributed by atoms with Gasteiger partial charge in [-0.15, -0.1) is 0 Å². The Morgan fingerprint density at radius 2 is 0.919 bits per heavy atom. The summed E-state index contributed by atoms with van der Waals surface area (Å²) >= 11 is 0. The van der Waals surface area contributed by atoms with Gasteiger partial charge in [0.25, 0.3) is 0 Å². The van der Waals surface area contributed by atoms with Gasteiger partial charge in [-0.1, -0.05) is 0 Å². The summed E-state index contributed by atoms with van der Waals surface area (Å²) in [5.41, 5.74) is 0.444. The zero-order chi connectivity index (χ0) is 25.2. The zero-order valence-electron chi connectivity index (χ0n) is 20.6. The molecule has 0 radical (unpaired) electrons. The van der Waals surface area contributed by atoms with E-state index in [4.69, 9.17) is 4.52 Å². The van der Waals surface area contributed by atoms with Gasteiger partial charge in [0, 0.05) is 0 Å². The first-order chi connectivity index (χ1) is 18.2. The molecule has 0 aromatic heterocycles. The van der Waals surface area contributed by atoms with Crippen molar-refractivity contribution in [2.75, 3.05) is 6.16 Å². The molecule has 6 rings (SSSR count). The summed E-state index contributed by atoms with van der Waals surface area (Å²) in [5, 5.41) is 3.43. The van der Waals surface area contributed by atoms with E-state index in [-0.39, 0.29) is 5.78 Å². The molecular weight excluding hydrogens is 471 g/mol. The van der Waals surface area contributed by atoms with Crippen LogP contribution in [0, 0.1) is 0 Å². The SMILES string of the molecule is O=C(c1ccccc1)C1(c2ccccc2)CCP(c2ccccc2)(c2ccccc2)(c2ccccc2)O1. The van der Waals surface area contributed by atoms with Gasteiger partial charge in [0.15, 0.2) is 0 Å². The van der Waals surface area contributed by atoms with Crippen LogP contribution in [0.3, 0.4) is 0 Å². The van der Waals surface area contributed by atoms with Crippen LogP contribution in [0.25, 0.3) is 0 Å². The number of ketones is 1. The number of carbonyl (C=O) groups is 1. The van der Waals surface area contributed by atoms with Gasteiger partial charge in [-0.25, -0.2) is 0 Å². The minimum absolute atomic E-state index is 0.00796. The first kappa shape index (κ1) is 23.6. The van der Waals surface area contributed by atoms with Gasteiger partial charge >= 0.3 is 219 Å². The van der Waals surface area contributed by atoms with Crippen LogP contribution in [0.1, 0.15) is 22.3 Å². The predicted molar refractivity (Wildman–Crippen MR) is 155 cm³/mol. The fourth-order valence-corrected chi connectivity index (χ4v) is 12.2. The van der Waals surface area contributed by atoms with E-state index < -0.39 is 12.4 Å². The van der Waals surface area contributed by atoms with Crippen molar-refractivity contribution in [2.45, 2.75) is 12.0 Å². The molecule has 1 atom stereocenters. The first-order valence-corrected chi connectivity index (χ1v) is 15.1. The van der Waals surface area contributed by atoms with E-state index in [9.17, 15) is 4.79 Å². The summed E-state index contributed by atoms with van der Waals surface area (Å²) in [4.78, 5) is 14.6. The Kier molecular flexibility index (Phi) is 5.88. The van der Waals surface area contributed by atoms with Crippen molar-refractivity contribution in [2.24, 2.45) is 0 Å². The van der Waals surface area contributed by atoms with Gasteiger partial charge in [0.2, 0.25) is 0 Å². The standard InChI is InChI=1S/C34H29O2P/c35-33(28-16-6-1-7-17-28)34(29-18-8-2-9-19-29)26-27-37(36-34,30-20-10-3-11-21-30,31-22-12-4-13-23-31)32-24-14-5-15-25-32/h1-25H,26-27H2. The summed E-state index contributed by atoms with van der Waals surface area (Å²) < 4.78 is 7.77. The molecular formula is C34H29O2P. The molecule has 1 saturated heterocycles. The van der Waals surface area contributed by atoms with Crippen LogP contribution < -0.4 is 15.9 Å². The van der Waals surface area contributed by atoms with Crippen molar-refractivity contribution in [3.8, 4) is 0 Å². The van der Waals surface area contributed by atoms with Gasteiger partial charge in [-0.2, -0.15) is 0 Å². The van der Waals surface area contributed by atoms with E-state index in [0.717, 1.165) is 27.6 Å². The first-order valence-electron chi connectivity index (χ1n) is 12.7. The van der Waals surface area contributed by atoms with Crippen LogP contribution in [0.2, 0.25) is 0 Å². The van der Waals surface area contributed by atoms with Crippen LogP contribution in [0.4, 0.5) is 0 Å². The molecule has 1 aliphatic heterocycles. The molecule has 37 heavy (non-hydrogen) atoms. The van der Waals surface area contributed by atoms with Gasteiger partial charge in [0.05, 0.1) is 0 Å². The number of Topliss-reactive ketones (excluding diaryl/α,β-unsaturated/α-hetero) is 1. The topological polar surface area (TPSA) is 26.3 Å². The molecule has 1 unspecified atom stereocenters. The van der Waals surface area contributed by atoms with Crippen molar-refractivity contribution in [1.29, 1.82) is 0 Å². The molecule has 1 fully saturated rings. The molecule has 2 nitrogen and oxygen atoms in total. The second kappa shape index (κ2) is 9.23. The monoisotopic (exact) mass is 500 g/mol. The average Bonchev–Trinajstić information content (AvgIpc) is 3.39. The Balaban J connectivity index is 1.71. The van der Waals surface area contributed by atoms with Crippen molar-refractivity contribution in [3.05, 3.63) is 163 Å². The van der Waals surface area contributed by atoms with Crippen LogP contribution >= 0.6 is 6.83 Å². The second-order valence-corrected chi connectivity index (χ2v) is 14.3.